The summed E-state index contributed by atoms with van der Waals surface area (Å²) in [7, 11) is 1.43. The monoisotopic (exact) mass is 240 g/mol. The van der Waals surface area contributed by atoms with Crippen LogP contribution in [0.1, 0.15) is 16.1 Å². The van der Waals surface area contributed by atoms with E-state index in [2.05, 4.69) is 11.6 Å². The summed E-state index contributed by atoms with van der Waals surface area (Å²) < 4.78 is 6.85. The summed E-state index contributed by atoms with van der Waals surface area (Å²) in [4.78, 5) is 11.7. The maximum Gasteiger partial charge on any atom is 0.355 e. The predicted molar refractivity (Wildman–Crippen MR) is 66.3 cm³/mol. The molecule has 1 aliphatic heterocycles. The van der Waals surface area contributed by atoms with Crippen LogP contribution in [0.5, 0.6) is 0 Å². The molecule has 0 bridgehead atoms. The van der Waals surface area contributed by atoms with Crippen LogP contribution in [0.3, 0.4) is 0 Å². The molecule has 0 unspecified atom stereocenters. The number of carbonyl (C=O) groups excluding carboxylic acids is 1. The molecular formula is C11H16N2O2S. The Labute approximate surface area is 99.3 Å². The van der Waals surface area contributed by atoms with Crippen molar-refractivity contribution in [2.45, 2.75) is 13.0 Å². The van der Waals surface area contributed by atoms with Crippen molar-refractivity contribution < 1.29 is 9.53 Å². The fourth-order valence-corrected chi connectivity index (χ4v) is 2.41. The zero-order valence-corrected chi connectivity index (χ0v) is 10.4. The van der Waals surface area contributed by atoms with Gasteiger partial charge in [0.1, 0.15) is 5.69 Å². The van der Waals surface area contributed by atoms with E-state index in [1.165, 1.54) is 7.11 Å². The molecule has 2 rings (SSSR count). The normalized spacial score (nSPS) is 13.4. The van der Waals surface area contributed by atoms with Crippen molar-refractivity contribution in [2.75, 3.05) is 31.0 Å². The third kappa shape index (κ3) is 1.91. The lowest BCUT2D eigenvalue weighted by Crippen LogP contribution is -2.13. The SMILES string of the molecule is COC(=O)c1c2c(cn1CCSC)NCC2. The summed E-state index contributed by atoms with van der Waals surface area (Å²) in [5.74, 6) is 0.767. The van der Waals surface area contributed by atoms with E-state index < -0.39 is 0 Å². The van der Waals surface area contributed by atoms with Crippen LogP contribution < -0.4 is 5.32 Å². The van der Waals surface area contributed by atoms with Crippen LogP contribution in [0.25, 0.3) is 0 Å². The van der Waals surface area contributed by atoms with Crippen molar-refractivity contribution >= 4 is 23.4 Å². The number of nitrogens with zero attached hydrogens (tertiary/aromatic N) is 1. The first-order valence-electron chi connectivity index (χ1n) is 5.31. The number of hydrogen-bond donors (Lipinski definition) is 1. The average Bonchev–Trinajstić information content (AvgIpc) is 2.84. The summed E-state index contributed by atoms with van der Waals surface area (Å²) in [6, 6.07) is 0. The standard InChI is InChI=1S/C11H16N2O2S/c1-15-11(14)10-8-3-4-12-9(8)7-13(10)5-6-16-2/h7,12H,3-6H2,1-2H3. The Bertz CT molecular complexity index is 401. The second kappa shape index (κ2) is 4.82. The molecule has 2 heterocycles. The van der Waals surface area contributed by atoms with E-state index in [0.29, 0.717) is 0 Å². The van der Waals surface area contributed by atoms with Crippen LogP contribution in [0, 0.1) is 0 Å². The van der Waals surface area contributed by atoms with E-state index >= 15 is 0 Å². The molecule has 1 aliphatic rings. The van der Waals surface area contributed by atoms with Crippen molar-refractivity contribution in [1.82, 2.24) is 4.57 Å². The van der Waals surface area contributed by atoms with E-state index in [9.17, 15) is 4.79 Å². The van der Waals surface area contributed by atoms with Crippen molar-refractivity contribution in [3.63, 3.8) is 0 Å². The molecular weight excluding hydrogens is 224 g/mol. The first kappa shape index (κ1) is 11.4. The Hall–Kier alpha value is -1.10. The molecule has 0 spiro atoms. The van der Waals surface area contributed by atoms with Crippen molar-refractivity contribution in [3.8, 4) is 0 Å². The van der Waals surface area contributed by atoms with Gasteiger partial charge in [-0.3, -0.25) is 0 Å². The Balaban J connectivity index is 2.33. The molecule has 0 atom stereocenters. The molecule has 4 nitrogen and oxygen atoms in total. The zero-order valence-electron chi connectivity index (χ0n) is 9.58. The van der Waals surface area contributed by atoms with E-state index in [4.69, 9.17) is 4.74 Å². The minimum Gasteiger partial charge on any atom is -0.464 e. The van der Waals surface area contributed by atoms with Gasteiger partial charge in [0.05, 0.1) is 12.8 Å². The largest absolute Gasteiger partial charge is 0.464 e. The highest BCUT2D eigenvalue weighted by molar-refractivity contribution is 7.98. The summed E-state index contributed by atoms with van der Waals surface area (Å²) >= 11 is 1.77. The molecule has 0 saturated carbocycles. The highest BCUT2D eigenvalue weighted by Gasteiger charge is 2.24. The number of thioether (sulfide) groups is 1. The second-order valence-electron chi connectivity index (χ2n) is 3.72. The Kier molecular flexibility index (Phi) is 3.43. The van der Waals surface area contributed by atoms with Gasteiger partial charge in [-0.05, 0) is 12.7 Å². The molecule has 1 aromatic heterocycles. The fourth-order valence-electron chi connectivity index (χ4n) is 2.03. The second-order valence-corrected chi connectivity index (χ2v) is 4.71. The molecule has 88 valence electrons. The molecule has 0 aliphatic carbocycles. The lowest BCUT2D eigenvalue weighted by molar-refractivity contribution is 0.0587. The van der Waals surface area contributed by atoms with Crippen LogP contribution in [0.2, 0.25) is 0 Å². The minimum atomic E-state index is -0.231. The smallest absolute Gasteiger partial charge is 0.355 e. The number of nitrogens with one attached hydrogen (secondary N) is 1. The number of carbonyl (C=O) groups is 1. The summed E-state index contributed by atoms with van der Waals surface area (Å²) in [6.45, 7) is 1.76. The van der Waals surface area contributed by atoms with Crippen LogP contribution in [-0.2, 0) is 17.7 Å². The van der Waals surface area contributed by atoms with Gasteiger partial charge in [-0.1, -0.05) is 0 Å². The minimum absolute atomic E-state index is 0.231. The lowest BCUT2D eigenvalue weighted by Gasteiger charge is -2.08. The number of ether oxygens (including phenoxy) is 1. The number of hydrogen-bond acceptors (Lipinski definition) is 4. The first-order valence-corrected chi connectivity index (χ1v) is 6.70. The van der Waals surface area contributed by atoms with Crippen LogP contribution >= 0.6 is 11.8 Å². The average molecular weight is 240 g/mol. The molecule has 1 aromatic rings. The maximum atomic E-state index is 11.7. The zero-order chi connectivity index (χ0) is 11.5. The highest BCUT2D eigenvalue weighted by atomic mass is 32.2. The van der Waals surface area contributed by atoms with E-state index in [-0.39, 0.29) is 5.97 Å². The number of anilines is 1. The van der Waals surface area contributed by atoms with E-state index in [0.717, 1.165) is 42.2 Å². The van der Waals surface area contributed by atoms with Crippen molar-refractivity contribution in [3.05, 3.63) is 17.5 Å². The van der Waals surface area contributed by atoms with Gasteiger partial charge in [-0.2, -0.15) is 11.8 Å². The third-order valence-corrected chi connectivity index (χ3v) is 3.38. The van der Waals surface area contributed by atoms with Gasteiger partial charge in [-0.25, -0.2) is 4.79 Å². The number of rotatable bonds is 4. The molecule has 0 fully saturated rings. The Morgan fingerprint density at radius 2 is 2.50 bits per heavy atom. The topological polar surface area (TPSA) is 43.3 Å². The molecule has 0 saturated heterocycles. The van der Waals surface area contributed by atoms with Gasteiger partial charge in [0.15, 0.2) is 0 Å². The highest BCUT2D eigenvalue weighted by Crippen LogP contribution is 2.28. The van der Waals surface area contributed by atoms with Gasteiger partial charge in [0.2, 0.25) is 0 Å². The van der Waals surface area contributed by atoms with E-state index in [1.54, 1.807) is 11.8 Å². The lowest BCUT2D eigenvalue weighted by atomic mass is 10.2. The fraction of sp³-hybridized carbons (Fsp3) is 0.545. The molecule has 16 heavy (non-hydrogen) atoms. The maximum absolute atomic E-state index is 11.7. The van der Waals surface area contributed by atoms with Crippen LogP contribution in [-0.4, -0.2) is 36.2 Å². The van der Waals surface area contributed by atoms with Gasteiger partial charge in [-0.15, -0.1) is 0 Å². The molecule has 1 N–H and O–H groups in total. The molecule has 0 aromatic carbocycles. The van der Waals surface area contributed by atoms with Gasteiger partial charge in [0.25, 0.3) is 0 Å². The van der Waals surface area contributed by atoms with E-state index in [1.807, 2.05) is 10.8 Å². The molecule has 0 amide bonds. The Morgan fingerprint density at radius 1 is 1.69 bits per heavy atom. The summed E-state index contributed by atoms with van der Waals surface area (Å²) in [6.07, 6.45) is 4.99. The number of esters is 1. The summed E-state index contributed by atoms with van der Waals surface area (Å²) in [5, 5.41) is 3.28. The first-order chi connectivity index (χ1) is 7.77. The van der Waals surface area contributed by atoms with Crippen LogP contribution in [0.4, 0.5) is 5.69 Å². The predicted octanol–water partition coefficient (Wildman–Crippen LogP) is 1.61. The quantitative estimate of drug-likeness (QED) is 0.812. The van der Waals surface area contributed by atoms with Gasteiger partial charge in [0, 0.05) is 30.6 Å². The Morgan fingerprint density at radius 3 is 3.19 bits per heavy atom. The number of aromatic nitrogens is 1. The summed E-state index contributed by atoms with van der Waals surface area (Å²) in [5.41, 5.74) is 2.91. The van der Waals surface area contributed by atoms with Crippen LogP contribution in [0.15, 0.2) is 6.20 Å². The number of aryl methyl sites for hydroxylation is 1. The molecule has 0 radical (unpaired) electrons. The van der Waals surface area contributed by atoms with Crippen molar-refractivity contribution in [1.29, 1.82) is 0 Å². The third-order valence-electron chi connectivity index (χ3n) is 2.79. The van der Waals surface area contributed by atoms with Gasteiger partial charge >= 0.3 is 5.97 Å². The van der Waals surface area contributed by atoms with Gasteiger partial charge < -0.3 is 14.6 Å². The number of fused-ring (bicyclic) bond motifs is 1. The van der Waals surface area contributed by atoms with Crippen molar-refractivity contribution in [2.24, 2.45) is 0 Å². The number of methoxy groups -OCH3 is 1. The molecule has 5 heteroatoms.